The Morgan fingerprint density at radius 1 is 1.40 bits per heavy atom. The van der Waals surface area contributed by atoms with E-state index in [0.717, 1.165) is 6.54 Å². The summed E-state index contributed by atoms with van der Waals surface area (Å²) in [6, 6.07) is 4.74. The van der Waals surface area contributed by atoms with Crippen LogP contribution >= 0.6 is 22.7 Å². The molecule has 0 aliphatic heterocycles. The Kier molecular flexibility index (Phi) is 3.57. The number of hydrogen-bond acceptors (Lipinski definition) is 3. The fourth-order valence-electron chi connectivity index (χ4n) is 1.47. The van der Waals surface area contributed by atoms with Crippen LogP contribution in [0.15, 0.2) is 28.3 Å². The average Bonchev–Trinajstić information content (AvgIpc) is 2.85. The molecule has 0 saturated carbocycles. The molecule has 2 aromatic heterocycles. The molecule has 1 atom stereocenters. The Bertz CT molecular complexity index is 403. The van der Waals surface area contributed by atoms with Gasteiger partial charge in [0, 0.05) is 17.5 Å². The first kappa shape index (κ1) is 10.9. The van der Waals surface area contributed by atoms with E-state index < -0.39 is 0 Å². The molecule has 1 unspecified atom stereocenters. The SMILES string of the molecule is Cc1cscc1CNC(C)c1cccs1. The van der Waals surface area contributed by atoms with Crippen molar-refractivity contribution in [3.05, 3.63) is 44.3 Å². The highest BCUT2D eigenvalue weighted by molar-refractivity contribution is 7.10. The molecular formula is C12H15NS2. The van der Waals surface area contributed by atoms with Gasteiger partial charge < -0.3 is 5.32 Å². The van der Waals surface area contributed by atoms with Crippen LogP contribution in [0.3, 0.4) is 0 Å². The molecule has 15 heavy (non-hydrogen) atoms. The van der Waals surface area contributed by atoms with E-state index in [0.29, 0.717) is 6.04 Å². The van der Waals surface area contributed by atoms with Crippen LogP contribution in [0.2, 0.25) is 0 Å². The van der Waals surface area contributed by atoms with Gasteiger partial charge in [0.25, 0.3) is 0 Å². The summed E-state index contributed by atoms with van der Waals surface area (Å²) in [5.74, 6) is 0. The van der Waals surface area contributed by atoms with Crippen LogP contribution in [0.4, 0.5) is 0 Å². The summed E-state index contributed by atoms with van der Waals surface area (Å²) >= 11 is 3.59. The summed E-state index contributed by atoms with van der Waals surface area (Å²) in [6.07, 6.45) is 0. The lowest BCUT2D eigenvalue weighted by Gasteiger charge is -2.11. The minimum atomic E-state index is 0.448. The summed E-state index contributed by atoms with van der Waals surface area (Å²) in [5, 5.41) is 10.1. The average molecular weight is 237 g/mol. The van der Waals surface area contributed by atoms with Gasteiger partial charge in [-0.05, 0) is 47.2 Å². The molecule has 0 amide bonds. The van der Waals surface area contributed by atoms with Gasteiger partial charge in [-0.25, -0.2) is 0 Å². The van der Waals surface area contributed by atoms with Gasteiger partial charge in [0.1, 0.15) is 0 Å². The van der Waals surface area contributed by atoms with E-state index in [1.165, 1.54) is 16.0 Å². The van der Waals surface area contributed by atoms with E-state index in [9.17, 15) is 0 Å². The summed E-state index contributed by atoms with van der Waals surface area (Å²) in [7, 11) is 0. The number of thiophene rings is 2. The third-order valence-electron chi connectivity index (χ3n) is 2.53. The molecule has 0 spiro atoms. The summed E-state index contributed by atoms with van der Waals surface area (Å²) in [6.45, 7) is 5.35. The van der Waals surface area contributed by atoms with Gasteiger partial charge in [-0.15, -0.1) is 11.3 Å². The summed E-state index contributed by atoms with van der Waals surface area (Å²) in [5.41, 5.74) is 2.81. The van der Waals surface area contributed by atoms with Crippen molar-refractivity contribution in [2.24, 2.45) is 0 Å². The van der Waals surface area contributed by atoms with E-state index in [2.05, 4.69) is 47.4 Å². The molecule has 0 radical (unpaired) electrons. The van der Waals surface area contributed by atoms with E-state index in [1.54, 1.807) is 11.3 Å². The second-order valence-electron chi connectivity index (χ2n) is 3.70. The maximum Gasteiger partial charge on any atom is 0.0388 e. The van der Waals surface area contributed by atoms with Gasteiger partial charge in [-0.2, -0.15) is 11.3 Å². The molecule has 3 heteroatoms. The fourth-order valence-corrected chi connectivity index (χ4v) is 3.09. The topological polar surface area (TPSA) is 12.0 Å². The van der Waals surface area contributed by atoms with E-state index in [-0.39, 0.29) is 0 Å². The molecule has 0 fully saturated rings. The van der Waals surface area contributed by atoms with Crippen LogP contribution in [0, 0.1) is 6.92 Å². The van der Waals surface area contributed by atoms with Crippen LogP contribution < -0.4 is 5.32 Å². The van der Waals surface area contributed by atoms with Crippen LogP contribution in [0.25, 0.3) is 0 Å². The molecule has 1 N–H and O–H groups in total. The van der Waals surface area contributed by atoms with Crippen molar-refractivity contribution in [2.45, 2.75) is 26.4 Å². The van der Waals surface area contributed by atoms with Crippen molar-refractivity contribution in [1.82, 2.24) is 5.32 Å². The molecule has 2 heterocycles. The first-order chi connectivity index (χ1) is 7.27. The maximum absolute atomic E-state index is 3.55. The number of nitrogens with one attached hydrogen (secondary N) is 1. The molecule has 0 bridgehead atoms. The van der Waals surface area contributed by atoms with Gasteiger partial charge in [0.05, 0.1) is 0 Å². The highest BCUT2D eigenvalue weighted by atomic mass is 32.1. The van der Waals surface area contributed by atoms with Gasteiger partial charge >= 0.3 is 0 Å². The Morgan fingerprint density at radius 2 is 2.27 bits per heavy atom. The predicted octanol–water partition coefficient (Wildman–Crippen LogP) is 3.97. The minimum Gasteiger partial charge on any atom is -0.305 e. The van der Waals surface area contributed by atoms with Crippen molar-refractivity contribution in [3.63, 3.8) is 0 Å². The Hall–Kier alpha value is -0.640. The lowest BCUT2D eigenvalue weighted by atomic mass is 10.2. The van der Waals surface area contributed by atoms with Crippen LogP contribution in [0.1, 0.15) is 29.0 Å². The van der Waals surface area contributed by atoms with Gasteiger partial charge in [0.15, 0.2) is 0 Å². The first-order valence-corrected chi connectivity index (χ1v) is 6.88. The van der Waals surface area contributed by atoms with Gasteiger partial charge in [-0.3, -0.25) is 0 Å². The van der Waals surface area contributed by atoms with Crippen LogP contribution in [-0.2, 0) is 6.54 Å². The van der Waals surface area contributed by atoms with Crippen molar-refractivity contribution >= 4 is 22.7 Å². The second kappa shape index (κ2) is 4.92. The number of rotatable bonds is 4. The van der Waals surface area contributed by atoms with Gasteiger partial charge in [0.2, 0.25) is 0 Å². The highest BCUT2D eigenvalue weighted by Gasteiger charge is 2.06. The second-order valence-corrected chi connectivity index (χ2v) is 5.42. The Balaban J connectivity index is 1.91. The lowest BCUT2D eigenvalue weighted by Crippen LogP contribution is -2.17. The number of aryl methyl sites for hydroxylation is 1. The molecule has 0 aromatic carbocycles. The molecule has 2 rings (SSSR count). The van der Waals surface area contributed by atoms with Crippen molar-refractivity contribution in [3.8, 4) is 0 Å². The molecule has 0 aliphatic rings. The monoisotopic (exact) mass is 237 g/mol. The Morgan fingerprint density at radius 3 is 2.87 bits per heavy atom. The standard InChI is InChI=1S/C12H15NS2/c1-9-7-14-8-11(9)6-13-10(2)12-4-3-5-15-12/h3-5,7-8,10,13H,6H2,1-2H3. The summed E-state index contributed by atoms with van der Waals surface area (Å²) in [4.78, 5) is 1.41. The highest BCUT2D eigenvalue weighted by Crippen LogP contribution is 2.20. The molecule has 2 aromatic rings. The van der Waals surface area contributed by atoms with Crippen molar-refractivity contribution in [1.29, 1.82) is 0 Å². The van der Waals surface area contributed by atoms with E-state index >= 15 is 0 Å². The zero-order valence-electron chi connectivity index (χ0n) is 8.99. The fraction of sp³-hybridized carbons (Fsp3) is 0.333. The first-order valence-electron chi connectivity index (χ1n) is 5.06. The third-order valence-corrected chi connectivity index (χ3v) is 4.50. The predicted molar refractivity (Wildman–Crippen MR) is 68.6 cm³/mol. The van der Waals surface area contributed by atoms with E-state index in [1.807, 2.05) is 11.3 Å². The van der Waals surface area contributed by atoms with Crippen molar-refractivity contribution < 1.29 is 0 Å². The molecular weight excluding hydrogens is 222 g/mol. The number of hydrogen-bond donors (Lipinski definition) is 1. The van der Waals surface area contributed by atoms with Gasteiger partial charge in [-0.1, -0.05) is 6.07 Å². The maximum atomic E-state index is 3.55. The van der Waals surface area contributed by atoms with Crippen LogP contribution in [-0.4, -0.2) is 0 Å². The summed E-state index contributed by atoms with van der Waals surface area (Å²) < 4.78 is 0. The van der Waals surface area contributed by atoms with E-state index in [4.69, 9.17) is 0 Å². The third kappa shape index (κ3) is 2.68. The molecule has 80 valence electrons. The quantitative estimate of drug-likeness (QED) is 0.848. The zero-order chi connectivity index (χ0) is 10.7. The largest absolute Gasteiger partial charge is 0.305 e. The molecule has 0 saturated heterocycles. The normalized spacial score (nSPS) is 12.9. The zero-order valence-corrected chi connectivity index (χ0v) is 10.6. The molecule has 0 aliphatic carbocycles. The van der Waals surface area contributed by atoms with Crippen LogP contribution in [0.5, 0.6) is 0 Å². The lowest BCUT2D eigenvalue weighted by molar-refractivity contribution is 0.582. The smallest absolute Gasteiger partial charge is 0.0388 e. The minimum absolute atomic E-state index is 0.448. The van der Waals surface area contributed by atoms with Crippen molar-refractivity contribution in [2.75, 3.05) is 0 Å². The Labute approximate surface area is 98.8 Å². The molecule has 1 nitrogen and oxygen atoms in total.